The van der Waals surface area contributed by atoms with Crippen LogP contribution in [0.15, 0.2) is 0 Å². The van der Waals surface area contributed by atoms with Crippen LogP contribution in [0.4, 0.5) is 0 Å². The molecule has 0 aliphatic carbocycles. The molecule has 0 aliphatic heterocycles. The van der Waals surface area contributed by atoms with E-state index in [0.717, 1.165) is 11.8 Å². The van der Waals surface area contributed by atoms with Gasteiger partial charge in [0.05, 0.1) is 0 Å². The highest BCUT2D eigenvalue weighted by atomic mass is 14.8. The van der Waals surface area contributed by atoms with Gasteiger partial charge in [0.2, 0.25) is 0 Å². The molecule has 0 rings (SSSR count). The Hall–Kier alpha value is -0.0400. The van der Waals surface area contributed by atoms with Crippen LogP contribution >= 0.6 is 0 Å². The van der Waals surface area contributed by atoms with Crippen molar-refractivity contribution >= 4 is 0 Å². The fraction of sp³-hybridized carbons (Fsp3) is 1.00. The standard InChI is InChI=1S/C14H31N/c1-5-13(3)9-7-11-15-12-8-10-14(4)6-2/h13-15H,5-12H2,1-4H3. The summed E-state index contributed by atoms with van der Waals surface area (Å²) in [6, 6.07) is 0. The first-order chi connectivity index (χ1) is 7.20. The lowest BCUT2D eigenvalue weighted by atomic mass is 10.0. The van der Waals surface area contributed by atoms with E-state index in [2.05, 4.69) is 33.0 Å². The van der Waals surface area contributed by atoms with Gasteiger partial charge in [0.15, 0.2) is 0 Å². The normalized spacial score (nSPS) is 15.2. The smallest absolute Gasteiger partial charge is 0.00488 e. The van der Waals surface area contributed by atoms with Crippen LogP contribution < -0.4 is 5.32 Å². The van der Waals surface area contributed by atoms with Gasteiger partial charge in [-0.05, 0) is 50.6 Å². The highest BCUT2D eigenvalue weighted by Crippen LogP contribution is 2.09. The summed E-state index contributed by atoms with van der Waals surface area (Å²) in [4.78, 5) is 0. The Labute approximate surface area is 97.0 Å². The molecular weight excluding hydrogens is 182 g/mol. The summed E-state index contributed by atoms with van der Waals surface area (Å²) in [6.45, 7) is 11.7. The summed E-state index contributed by atoms with van der Waals surface area (Å²) in [5, 5.41) is 3.54. The summed E-state index contributed by atoms with van der Waals surface area (Å²) < 4.78 is 0. The highest BCUT2D eigenvalue weighted by molar-refractivity contribution is 4.55. The van der Waals surface area contributed by atoms with Gasteiger partial charge in [-0.25, -0.2) is 0 Å². The van der Waals surface area contributed by atoms with Crippen LogP contribution in [-0.2, 0) is 0 Å². The molecule has 0 aromatic rings. The molecule has 0 aliphatic rings. The van der Waals surface area contributed by atoms with Crippen LogP contribution in [-0.4, -0.2) is 13.1 Å². The lowest BCUT2D eigenvalue weighted by Gasteiger charge is -2.10. The fourth-order valence-corrected chi connectivity index (χ4v) is 1.68. The zero-order valence-corrected chi connectivity index (χ0v) is 11.3. The molecule has 0 aromatic carbocycles. The maximum atomic E-state index is 3.54. The van der Waals surface area contributed by atoms with Gasteiger partial charge in [-0.3, -0.25) is 0 Å². The molecule has 0 saturated carbocycles. The van der Waals surface area contributed by atoms with Gasteiger partial charge < -0.3 is 5.32 Å². The van der Waals surface area contributed by atoms with Crippen molar-refractivity contribution in [1.82, 2.24) is 5.32 Å². The predicted octanol–water partition coefficient (Wildman–Crippen LogP) is 4.23. The summed E-state index contributed by atoms with van der Waals surface area (Å²) >= 11 is 0. The molecule has 0 heterocycles. The first-order valence-electron chi connectivity index (χ1n) is 6.91. The SMILES string of the molecule is CCC(C)CCCNCCCC(C)CC. The van der Waals surface area contributed by atoms with Crippen molar-refractivity contribution in [3.05, 3.63) is 0 Å². The topological polar surface area (TPSA) is 12.0 Å². The molecule has 92 valence electrons. The lowest BCUT2D eigenvalue weighted by molar-refractivity contribution is 0.458. The molecule has 2 atom stereocenters. The molecule has 15 heavy (non-hydrogen) atoms. The third-order valence-corrected chi connectivity index (χ3v) is 3.49. The van der Waals surface area contributed by atoms with Crippen LogP contribution in [0.2, 0.25) is 0 Å². The Morgan fingerprint density at radius 1 is 0.800 bits per heavy atom. The molecule has 1 heteroatoms. The van der Waals surface area contributed by atoms with E-state index in [9.17, 15) is 0 Å². The molecule has 0 aromatic heterocycles. The van der Waals surface area contributed by atoms with Crippen LogP contribution in [0.1, 0.15) is 66.2 Å². The van der Waals surface area contributed by atoms with E-state index >= 15 is 0 Å². The molecule has 1 nitrogen and oxygen atoms in total. The largest absolute Gasteiger partial charge is 0.317 e. The maximum absolute atomic E-state index is 3.54. The van der Waals surface area contributed by atoms with Gasteiger partial charge in [0, 0.05) is 0 Å². The predicted molar refractivity (Wildman–Crippen MR) is 70.2 cm³/mol. The molecule has 0 amide bonds. The minimum atomic E-state index is 0.909. The van der Waals surface area contributed by atoms with Crippen LogP contribution in [0.3, 0.4) is 0 Å². The van der Waals surface area contributed by atoms with Crippen molar-refractivity contribution in [3.8, 4) is 0 Å². The summed E-state index contributed by atoms with van der Waals surface area (Å²) in [5.41, 5.74) is 0. The van der Waals surface area contributed by atoms with Crippen molar-refractivity contribution in [2.24, 2.45) is 11.8 Å². The van der Waals surface area contributed by atoms with Gasteiger partial charge in [0.1, 0.15) is 0 Å². The molecule has 2 unspecified atom stereocenters. The van der Waals surface area contributed by atoms with Crippen LogP contribution in [0.25, 0.3) is 0 Å². The molecule has 0 radical (unpaired) electrons. The van der Waals surface area contributed by atoms with Crippen molar-refractivity contribution in [2.75, 3.05) is 13.1 Å². The second kappa shape index (κ2) is 10.5. The van der Waals surface area contributed by atoms with Gasteiger partial charge in [-0.2, -0.15) is 0 Å². The fourth-order valence-electron chi connectivity index (χ4n) is 1.68. The first kappa shape index (κ1) is 15.0. The van der Waals surface area contributed by atoms with E-state index in [0.29, 0.717) is 0 Å². The van der Waals surface area contributed by atoms with Gasteiger partial charge in [0.25, 0.3) is 0 Å². The zero-order chi connectivity index (χ0) is 11.5. The Morgan fingerprint density at radius 2 is 1.20 bits per heavy atom. The Morgan fingerprint density at radius 3 is 1.53 bits per heavy atom. The zero-order valence-electron chi connectivity index (χ0n) is 11.3. The minimum absolute atomic E-state index is 0.909. The average Bonchev–Trinajstić information content (AvgIpc) is 2.26. The van der Waals surface area contributed by atoms with Gasteiger partial charge in [-0.15, -0.1) is 0 Å². The second-order valence-electron chi connectivity index (χ2n) is 5.06. The molecular formula is C14H31N. The maximum Gasteiger partial charge on any atom is -0.00488 e. The van der Waals surface area contributed by atoms with Crippen LogP contribution in [0, 0.1) is 11.8 Å². The molecule has 0 spiro atoms. The number of hydrogen-bond acceptors (Lipinski definition) is 1. The second-order valence-corrected chi connectivity index (χ2v) is 5.06. The Bertz CT molecular complexity index is 109. The van der Waals surface area contributed by atoms with E-state index in [-0.39, 0.29) is 0 Å². The van der Waals surface area contributed by atoms with Gasteiger partial charge >= 0.3 is 0 Å². The van der Waals surface area contributed by atoms with Gasteiger partial charge in [-0.1, -0.05) is 40.5 Å². The summed E-state index contributed by atoms with van der Waals surface area (Å²) in [6.07, 6.45) is 8.11. The van der Waals surface area contributed by atoms with Crippen LogP contribution in [0.5, 0.6) is 0 Å². The molecule has 0 saturated heterocycles. The number of nitrogens with one attached hydrogen (secondary N) is 1. The van der Waals surface area contributed by atoms with E-state index in [4.69, 9.17) is 0 Å². The quantitative estimate of drug-likeness (QED) is 0.536. The number of rotatable bonds is 10. The van der Waals surface area contributed by atoms with Crippen molar-refractivity contribution in [2.45, 2.75) is 66.2 Å². The third kappa shape index (κ3) is 10.2. The molecule has 0 bridgehead atoms. The lowest BCUT2D eigenvalue weighted by Crippen LogP contribution is -2.17. The minimum Gasteiger partial charge on any atom is -0.317 e. The summed E-state index contributed by atoms with van der Waals surface area (Å²) in [5.74, 6) is 1.82. The monoisotopic (exact) mass is 213 g/mol. The van der Waals surface area contributed by atoms with Crippen molar-refractivity contribution < 1.29 is 0 Å². The summed E-state index contributed by atoms with van der Waals surface area (Å²) in [7, 11) is 0. The molecule has 1 N–H and O–H groups in total. The Balaban J connectivity index is 3.05. The molecule has 0 fully saturated rings. The van der Waals surface area contributed by atoms with Crippen molar-refractivity contribution in [1.29, 1.82) is 0 Å². The van der Waals surface area contributed by atoms with E-state index < -0.39 is 0 Å². The van der Waals surface area contributed by atoms with E-state index in [1.807, 2.05) is 0 Å². The Kier molecular flexibility index (Phi) is 10.4. The third-order valence-electron chi connectivity index (χ3n) is 3.49. The van der Waals surface area contributed by atoms with E-state index in [1.54, 1.807) is 0 Å². The average molecular weight is 213 g/mol. The number of hydrogen-bond donors (Lipinski definition) is 1. The highest BCUT2D eigenvalue weighted by Gasteiger charge is 1.99. The first-order valence-corrected chi connectivity index (χ1v) is 6.91. The van der Waals surface area contributed by atoms with E-state index in [1.165, 1.54) is 51.6 Å². The van der Waals surface area contributed by atoms with Crippen molar-refractivity contribution in [3.63, 3.8) is 0 Å².